The molecule has 1 N–H and O–H groups in total. The maximum atomic E-state index is 15.3. The van der Waals surface area contributed by atoms with Gasteiger partial charge in [-0.15, -0.1) is 0 Å². The number of halogens is 2. The highest BCUT2D eigenvalue weighted by atomic mass is 35.5. The number of hydrogen-bond donors (Lipinski definition) is 1. The third kappa shape index (κ3) is 6.95. The van der Waals surface area contributed by atoms with Crippen LogP contribution >= 0.6 is 11.6 Å². The number of piperidine rings is 1. The fraction of sp³-hybridized carbons (Fsp3) is 0.406. The van der Waals surface area contributed by atoms with Gasteiger partial charge in [0, 0.05) is 24.2 Å². The molecule has 4 aromatic rings. The first-order chi connectivity index (χ1) is 21.3. The molecule has 0 unspecified atom stereocenters. The van der Waals surface area contributed by atoms with E-state index < -0.39 is 29.0 Å². The van der Waals surface area contributed by atoms with Crippen molar-refractivity contribution in [1.29, 1.82) is 0 Å². The number of aromatic nitrogens is 4. The summed E-state index contributed by atoms with van der Waals surface area (Å²) in [6.07, 6.45) is 0.617. The fourth-order valence-corrected chi connectivity index (χ4v) is 5.37. The van der Waals surface area contributed by atoms with Gasteiger partial charge in [0.1, 0.15) is 22.6 Å². The number of rotatable bonds is 7. The third-order valence-corrected chi connectivity index (χ3v) is 7.89. The molecule has 3 heterocycles. The molecule has 1 amide bonds. The van der Waals surface area contributed by atoms with Crippen molar-refractivity contribution >= 4 is 40.6 Å². The van der Waals surface area contributed by atoms with E-state index in [0.29, 0.717) is 43.1 Å². The molecule has 1 fully saturated rings. The number of ether oxygens (including phenoxy) is 3. The predicted molar refractivity (Wildman–Crippen MR) is 168 cm³/mol. The SMILES string of the molecule is COC(=O)c1nc2c(-c3cccc(Cl)c3F)nn(Cc3ccc(OC)cc3)c2nc1N1CCC(C)(NC(=O)OC(C)(C)C)CC1. The minimum atomic E-state index is -0.694. The van der Waals surface area contributed by atoms with Crippen molar-refractivity contribution in [3.63, 3.8) is 0 Å². The molecule has 45 heavy (non-hydrogen) atoms. The van der Waals surface area contributed by atoms with E-state index in [-0.39, 0.29) is 34.0 Å². The summed E-state index contributed by atoms with van der Waals surface area (Å²) >= 11 is 6.12. The normalized spacial score (nSPS) is 14.7. The van der Waals surface area contributed by atoms with E-state index >= 15 is 4.39 Å². The number of alkyl carbamates (subject to hydrolysis) is 1. The maximum absolute atomic E-state index is 15.3. The molecule has 1 aliphatic heterocycles. The average Bonchev–Trinajstić information content (AvgIpc) is 3.33. The van der Waals surface area contributed by atoms with Gasteiger partial charge in [-0.05, 0) is 70.4 Å². The molecular formula is C32H36ClFN6O5. The molecule has 1 saturated heterocycles. The van der Waals surface area contributed by atoms with Crippen LogP contribution in [0.1, 0.15) is 56.6 Å². The van der Waals surface area contributed by atoms with Gasteiger partial charge in [0.25, 0.3) is 0 Å². The molecule has 0 bridgehead atoms. The zero-order valence-corrected chi connectivity index (χ0v) is 26.9. The molecule has 2 aromatic carbocycles. The first kappa shape index (κ1) is 32.0. The molecule has 0 spiro atoms. The van der Waals surface area contributed by atoms with Gasteiger partial charge >= 0.3 is 12.1 Å². The monoisotopic (exact) mass is 638 g/mol. The molecule has 238 valence electrons. The van der Waals surface area contributed by atoms with Crippen LogP contribution < -0.4 is 15.0 Å². The second kappa shape index (κ2) is 12.5. The second-order valence-electron chi connectivity index (χ2n) is 12.2. The van der Waals surface area contributed by atoms with E-state index in [1.54, 1.807) is 23.9 Å². The lowest BCUT2D eigenvalue weighted by molar-refractivity contribution is 0.0448. The lowest BCUT2D eigenvalue weighted by Crippen LogP contribution is -2.54. The van der Waals surface area contributed by atoms with Gasteiger partial charge in [0.2, 0.25) is 0 Å². The summed E-state index contributed by atoms with van der Waals surface area (Å²) < 4.78 is 32.8. The fourth-order valence-electron chi connectivity index (χ4n) is 5.20. The van der Waals surface area contributed by atoms with Crippen LogP contribution in [0.3, 0.4) is 0 Å². The Morgan fingerprint density at radius 3 is 2.38 bits per heavy atom. The van der Waals surface area contributed by atoms with E-state index in [4.69, 9.17) is 40.9 Å². The highest BCUT2D eigenvalue weighted by molar-refractivity contribution is 6.31. The average molecular weight is 639 g/mol. The molecular weight excluding hydrogens is 603 g/mol. The quantitative estimate of drug-likeness (QED) is 0.243. The Morgan fingerprint density at radius 2 is 1.76 bits per heavy atom. The van der Waals surface area contributed by atoms with Crippen LogP contribution in [0.25, 0.3) is 22.4 Å². The largest absolute Gasteiger partial charge is 0.497 e. The van der Waals surface area contributed by atoms with Gasteiger partial charge in [-0.3, -0.25) is 0 Å². The molecule has 0 atom stereocenters. The molecule has 0 saturated carbocycles. The zero-order valence-electron chi connectivity index (χ0n) is 26.1. The van der Waals surface area contributed by atoms with Gasteiger partial charge in [-0.2, -0.15) is 5.10 Å². The lowest BCUT2D eigenvalue weighted by atomic mass is 9.89. The summed E-state index contributed by atoms with van der Waals surface area (Å²) in [5, 5.41) is 7.65. The summed E-state index contributed by atoms with van der Waals surface area (Å²) in [4.78, 5) is 37.2. The lowest BCUT2D eigenvalue weighted by Gasteiger charge is -2.40. The van der Waals surface area contributed by atoms with Crippen LogP contribution in [-0.2, 0) is 16.0 Å². The Hall–Kier alpha value is -4.45. The number of carbonyl (C=O) groups is 2. The molecule has 0 aliphatic carbocycles. The van der Waals surface area contributed by atoms with Crippen molar-refractivity contribution in [3.05, 3.63) is 64.6 Å². The maximum Gasteiger partial charge on any atom is 0.408 e. The van der Waals surface area contributed by atoms with E-state index in [2.05, 4.69) is 5.32 Å². The third-order valence-electron chi connectivity index (χ3n) is 7.59. The number of anilines is 1. The van der Waals surface area contributed by atoms with E-state index in [9.17, 15) is 9.59 Å². The Bertz CT molecular complexity index is 1730. The van der Waals surface area contributed by atoms with E-state index in [1.807, 2.05) is 56.9 Å². The van der Waals surface area contributed by atoms with Crippen molar-refractivity contribution in [2.24, 2.45) is 0 Å². The number of methoxy groups -OCH3 is 2. The second-order valence-corrected chi connectivity index (χ2v) is 12.6. The number of carbonyl (C=O) groups excluding carboxylic acids is 2. The standard InChI is InChI=1S/C32H36ClFN6O5/c1-31(2,3)45-30(42)37-32(4)14-16-39(17-15-32)27-26(29(41)44-6)35-25-24(21-8-7-9-22(33)23(21)34)38-40(28(25)36-27)18-19-10-12-20(43-5)13-11-19/h7-13H,14-18H2,1-6H3,(H,37,42). The molecule has 13 heteroatoms. The van der Waals surface area contributed by atoms with Crippen LogP contribution in [0.2, 0.25) is 5.02 Å². The van der Waals surface area contributed by atoms with Crippen molar-refractivity contribution < 1.29 is 28.2 Å². The van der Waals surface area contributed by atoms with Gasteiger partial charge in [-0.1, -0.05) is 29.8 Å². The van der Waals surface area contributed by atoms with E-state index in [0.717, 1.165) is 5.56 Å². The Labute approximate surface area is 265 Å². The number of amides is 1. The first-order valence-electron chi connectivity index (χ1n) is 14.5. The van der Waals surface area contributed by atoms with Crippen molar-refractivity contribution in [1.82, 2.24) is 25.1 Å². The van der Waals surface area contributed by atoms with Crippen LogP contribution in [0.15, 0.2) is 42.5 Å². The van der Waals surface area contributed by atoms with E-state index in [1.165, 1.54) is 13.2 Å². The number of benzene rings is 2. The number of nitrogens with one attached hydrogen (secondary N) is 1. The minimum Gasteiger partial charge on any atom is -0.497 e. The summed E-state index contributed by atoms with van der Waals surface area (Å²) in [6, 6.07) is 12.1. The Balaban J connectivity index is 1.57. The van der Waals surface area contributed by atoms with Gasteiger partial charge < -0.3 is 24.4 Å². The minimum absolute atomic E-state index is 0.0265. The molecule has 1 aliphatic rings. The smallest absolute Gasteiger partial charge is 0.408 e. The highest BCUT2D eigenvalue weighted by Gasteiger charge is 2.36. The summed E-state index contributed by atoms with van der Waals surface area (Å²) in [7, 11) is 2.86. The summed E-state index contributed by atoms with van der Waals surface area (Å²) in [5.74, 6) is -0.343. The highest BCUT2D eigenvalue weighted by Crippen LogP contribution is 2.35. The zero-order chi connectivity index (χ0) is 32.5. The first-order valence-corrected chi connectivity index (χ1v) is 14.9. The van der Waals surface area contributed by atoms with Crippen LogP contribution in [0.5, 0.6) is 5.75 Å². The number of esters is 1. The number of hydrogen-bond acceptors (Lipinski definition) is 9. The van der Waals surface area contributed by atoms with Crippen molar-refractivity contribution in [3.8, 4) is 17.0 Å². The number of fused-ring (bicyclic) bond motifs is 1. The van der Waals surface area contributed by atoms with Crippen molar-refractivity contribution in [2.75, 3.05) is 32.2 Å². The van der Waals surface area contributed by atoms with Gasteiger partial charge in [0.05, 0.1) is 25.8 Å². The van der Waals surface area contributed by atoms with Crippen molar-refractivity contribution in [2.45, 2.75) is 58.2 Å². The van der Waals surface area contributed by atoms with Gasteiger partial charge in [-0.25, -0.2) is 28.6 Å². The summed E-state index contributed by atoms with van der Waals surface area (Å²) in [5.41, 5.74) is 0.599. The Kier molecular flexibility index (Phi) is 8.88. The molecule has 5 rings (SSSR count). The van der Waals surface area contributed by atoms with Crippen LogP contribution in [0.4, 0.5) is 15.0 Å². The molecule has 2 aromatic heterocycles. The van der Waals surface area contributed by atoms with Gasteiger partial charge in [0.15, 0.2) is 23.0 Å². The molecule has 0 radical (unpaired) electrons. The van der Waals surface area contributed by atoms with Crippen LogP contribution in [-0.4, -0.2) is 70.3 Å². The predicted octanol–water partition coefficient (Wildman–Crippen LogP) is 6.01. The number of nitrogens with zero attached hydrogens (tertiary/aromatic N) is 5. The topological polar surface area (TPSA) is 121 Å². The molecule has 11 nitrogen and oxygen atoms in total. The Morgan fingerprint density at radius 1 is 1.07 bits per heavy atom. The van der Waals surface area contributed by atoms with Crippen LogP contribution in [0, 0.1) is 5.82 Å². The summed E-state index contributed by atoms with van der Waals surface area (Å²) in [6.45, 7) is 8.59.